The Morgan fingerprint density at radius 3 is 2.48 bits per heavy atom. The molecule has 0 saturated heterocycles. The fourth-order valence-electron chi connectivity index (χ4n) is 3.49. The number of rotatable bonds is 10. The summed E-state index contributed by atoms with van der Waals surface area (Å²) in [6.45, 7) is 6.70. The van der Waals surface area contributed by atoms with Gasteiger partial charge in [-0.05, 0) is 30.9 Å². The van der Waals surface area contributed by atoms with E-state index in [1.807, 2.05) is 17.0 Å². The average molecular weight is 373 g/mol. The number of guanidine groups is 1. The van der Waals surface area contributed by atoms with Crippen LogP contribution in [0.2, 0.25) is 0 Å². The lowest BCUT2D eigenvalue weighted by Gasteiger charge is -2.18. The number of carbonyl (C=O) groups excluding carboxylic acids is 1. The van der Waals surface area contributed by atoms with Crippen LogP contribution in [-0.4, -0.2) is 36.4 Å². The van der Waals surface area contributed by atoms with E-state index in [-0.39, 0.29) is 5.91 Å². The van der Waals surface area contributed by atoms with Crippen LogP contribution in [0.15, 0.2) is 29.3 Å². The molecule has 1 aliphatic heterocycles. The number of unbranched alkanes of at least 4 members (excludes halogenated alkanes) is 3. The van der Waals surface area contributed by atoms with Gasteiger partial charge in [0.25, 0.3) is 0 Å². The third-order valence-electron chi connectivity index (χ3n) is 5.15. The number of fused-ring (bicyclic) bond motifs is 1. The molecule has 0 aliphatic carbocycles. The molecule has 1 atom stereocenters. The fourth-order valence-corrected chi connectivity index (χ4v) is 3.49. The molecule has 0 bridgehead atoms. The van der Waals surface area contributed by atoms with E-state index in [4.69, 9.17) is 0 Å². The third kappa shape index (κ3) is 7.24. The van der Waals surface area contributed by atoms with E-state index in [0.717, 1.165) is 38.4 Å². The Hall–Kier alpha value is -2.04. The van der Waals surface area contributed by atoms with E-state index in [9.17, 15) is 4.79 Å². The molecule has 0 fully saturated rings. The maximum atomic E-state index is 12.4. The molecule has 5 heteroatoms. The smallest absolute Gasteiger partial charge is 0.223 e. The zero-order valence-corrected chi connectivity index (χ0v) is 17.3. The summed E-state index contributed by atoms with van der Waals surface area (Å²) in [5.74, 6) is 1.07. The van der Waals surface area contributed by atoms with Gasteiger partial charge in [-0.2, -0.15) is 0 Å². The van der Waals surface area contributed by atoms with E-state index in [2.05, 4.69) is 41.6 Å². The van der Waals surface area contributed by atoms with Gasteiger partial charge in [-0.25, -0.2) is 0 Å². The minimum Gasteiger partial charge on any atom is -0.356 e. The number of nitrogens with one attached hydrogen (secondary N) is 2. The van der Waals surface area contributed by atoms with Crippen LogP contribution < -0.4 is 10.6 Å². The van der Waals surface area contributed by atoms with Crippen molar-refractivity contribution in [2.24, 2.45) is 4.99 Å². The minimum absolute atomic E-state index is 0.236. The normalized spacial score (nSPS) is 14.8. The van der Waals surface area contributed by atoms with Gasteiger partial charge in [0.2, 0.25) is 5.91 Å². The van der Waals surface area contributed by atoms with E-state index in [1.54, 1.807) is 7.05 Å². The van der Waals surface area contributed by atoms with Crippen molar-refractivity contribution in [1.29, 1.82) is 0 Å². The lowest BCUT2D eigenvalue weighted by atomic mass is 10.1. The van der Waals surface area contributed by atoms with Gasteiger partial charge in [0.15, 0.2) is 5.96 Å². The molecule has 1 aliphatic rings. The maximum Gasteiger partial charge on any atom is 0.223 e. The number of hydrogen-bond donors (Lipinski definition) is 2. The first-order valence-electron chi connectivity index (χ1n) is 10.5. The summed E-state index contributed by atoms with van der Waals surface area (Å²) in [5.41, 5.74) is 2.56. The molecule has 150 valence electrons. The molecule has 1 unspecified atom stereocenters. The second kappa shape index (κ2) is 11.6. The predicted molar refractivity (Wildman–Crippen MR) is 113 cm³/mol. The van der Waals surface area contributed by atoms with Crippen molar-refractivity contribution in [3.8, 4) is 0 Å². The quantitative estimate of drug-likeness (QED) is 0.373. The molecular formula is C22H36N4O. The molecule has 0 aromatic heterocycles. The molecule has 27 heavy (non-hydrogen) atoms. The van der Waals surface area contributed by atoms with Gasteiger partial charge < -0.3 is 15.5 Å². The van der Waals surface area contributed by atoms with E-state index in [0.29, 0.717) is 12.5 Å². The van der Waals surface area contributed by atoms with Crippen LogP contribution >= 0.6 is 0 Å². The van der Waals surface area contributed by atoms with Gasteiger partial charge in [-0.1, -0.05) is 56.9 Å². The Bertz CT molecular complexity index is 589. The van der Waals surface area contributed by atoms with Crippen molar-refractivity contribution in [2.45, 2.75) is 77.9 Å². The molecule has 1 amide bonds. The molecule has 0 radical (unpaired) electrons. The van der Waals surface area contributed by atoms with Gasteiger partial charge in [0, 0.05) is 39.1 Å². The van der Waals surface area contributed by atoms with Crippen molar-refractivity contribution in [3.63, 3.8) is 0 Å². The highest BCUT2D eigenvalue weighted by Gasteiger charge is 2.22. The molecular weight excluding hydrogens is 336 g/mol. The van der Waals surface area contributed by atoms with Crippen molar-refractivity contribution in [2.75, 3.05) is 13.6 Å². The lowest BCUT2D eigenvalue weighted by Crippen LogP contribution is -2.42. The van der Waals surface area contributed by atoms with Gasteiger partial charge in [0.05, 0.1) is 0 Å². The highest BCUT2D eigenvalue weighted by Crippen LogP contribution is 2.22. The van der Waals surface area contributed by atoms with E-state index in [1.165, 1.54) is 36.8 Å². The summed E-state index contributed by atoms with van der Waals surface area (Å²) >= 11 is 0. The summed E-state index contributed by atoms with van der Waals surface area (Å²) in [7, 11) is 1.80. The SMILES string of the molecule is CCCCCCC(C)NC(=NC)NCCCC(=O)N1Cc2ccccc2C1. The Labute approximate surface area is 164 Å². The maximum absolute atomic E-state index is 12.4. The lowest BCUT2D eigenvalue weighted by molar-refractivity contribution is -0.131. The number of benzene rings is 1. The van der Waals surface area contributed by atoms with Crippen LogP contribution in [0.5, 0.6) is 0 Å². The van der Waals surface area contributed by atoms with Crippen LogP contribution in [0, 0.1) is 0 Å². The number of aliphatic imine (C=N–C) groups is 1. The van der Waals surface area contributed by atoms with Crippen molar-refractivity contribution < 1.29 is 4.79 Å². The summed E-state index contributed by atoms with van der Waals surface area (Å²) in [6, 6.07) is 8.73. The molecule has 0 spiro atoms. The van der Waals surface area contributed by atoms with Gasteiger partial charge in [-0.15, -0.1) is 0 Å². The molecule has 2 N–H and O–H groups in total. The van der Waals surface area contributed by atoms with Crippen LogP contribution in [0.4, 0.5) is 0 Å². The Morgan fingerprint density at radius 1 is 1.15 bits per heavy atom. The summed E-state index contributed by atoms with van der Waals surface area (Å²) in [4.78, 5) is 18.7. The van der Waals surface area contributed by atoms with Crippen LogP contribution in [-0.2, 0) is 17.9 Å². The predicted octanol–water partition coefficient (Wildman–Crippen LogP) is 3.83. The Morgan fingerprint density at radius 2 is 1.85 bits per heavy atom. The standard InChI is InChI=1S/C22H36N4O/c1-4-5-6-7-11-18(2)25-22(23-3)24-15-10-14-21(27)26-16-19-12-8-9-13-20(19)17-26/h8-9,12-13,18H,4-7,10-11,14-17H2,1-3H3,(H2,23,24,25). The van der Waals surface area contributed by atoms with E-state index >= 15 is 0 Å². The highest BCUT2D eigenvalue weighted by atomic mass is 16.2. The van der Waals surface area contributed by atoms with Crippen molar-refractivity contribution >= 4 is 11.9 Å². The van der Waals surface area contributed by atoms with Crippen LogP contribution in [0.1, 0.15) is 69.9 Å². The van der Waals surface area contributed by atoms with Crippen LogP contribution in [0.25, 0.3) is 0 Å². The largest absolute Gasteiger partial charge is 0.356 e. The van der Waals surface area contributed by atoms with Gasteiger partial charge in [0.1, 0.15) is 0 Å². The zero-order valence-electron chi connectivity index (χ0n) is 17.3. The Kier molecular flexibility index (Phi) is 9.16. The topological polar surface area (TPSA) is 56.7 Å². The number of carbonyl (C=O) groups is 1. The molecule has 1 aromatic rings. The van der Waals surface area contributed by atoms with Crippen LogP contribution in [0.3, 0.4) is 0 Å². The summed E-state index contributed by atoms with van der Waals surface area (Å²) < 4.78 is 0. The monoisotopic (exact) mass is 372 g/mol. The second-order valence-electron chi connectivity index (χ2n) is 7.52. The first-order chi connectivity index (χ1) is 13.1. The molecule has 1 heterocycles. The highest BCUT2D eigenvalue weighted by molar-refractivity contribution is 5.80. The summed E-state index contributed by atoms with van der Waals surface area (Å²) in [6.07, 6.45) is 7.70. The molecule has 2 rings (SSSR count). The van der Waals surface area contributed by atoms with Crippen molar-refractivity contribution in [3.05, 3.63) is 35.4 Å². The minimum atomic E-state index is 0.236. The average Bonchev–Trinajstić information content (AvgIpc) is 3.11. The molecule has 0 saturated carbocycles. The van der Waals surface area contributed by atoms with E-state index < -0.39 is 0 Å². The van der Waals surface area contributed by atoms with Gasteiger partial charge >= 0.3 is 0 Å². The zero-order chi connectivity index (χ0) is 19.5. The second-order valence-corrected chi connectivity index (χ2v) is 7.52. The first-order valence-corrected chi connectivity index (χ1v) is 10.5. The third-order valence-corrected chi connectivity index (χ3v) is 5.15. The molecule has 5 nitrogen and oxygen atoms in total. The first kappa shape index (κ1) is 21.3. The Balaban J connectivity index is 1.60. The van der Waals surface area contributed by atoms with Crippen molar-refractivity contribution in [1.82, 2.24) is 15.5 Å². The number of amides is 1. The fraction of sp³-hybridized carbons (Fsp3) is 0.636. The molecule has 1 aromatic carbocycles. The summed E-state index contributed by atoms with van der Waals surface area (Å²) in [5, 5.41) is 6.78. The van der Waals surface area contributed by atoms with Gasteiger partial charge in [-0.3, -0.25) is 9.79 Å². The number of hydrogen-bond acceptors (Lipinski definition) is 2. The number of nitrogens with zero attached hydrogens (tertiary/aromatic N) is 2.